The van der Waals surface area contributed by atoms with E-state index < -0.39 is 0 Å². The van der Waals surface area contributed by atoms with Crippen LogP contribution in [0.2, 0.25) is 5.02 Å². The Kier molecular flexibility index (Phi) is 5.54. The zero-order valence-corrected chi connectivity index (χ0v) is 14.7. The van der Waals surface area contributed by atoms with Crippen LogP contribution in [-0.2, 0) is 11.3 Å². The molecule has 0 bridgehead atoms. The summed E-state index contributed by atoms with van der Waals surface area (Å²) in [6.07, 6.45) is 1.80. The first-order valence-electron chi connectivity index (χ1n) is 8.44. The summed E-state index contributed by atoms with van der Waals surface area (Å²) in [7, 11) is 0. The molecule has 3 rings (SSSR count). The highest BCUT2D eigenvalue weighted by atomic mass is 35.5. The van der Waals surface area contributed by atoms with Gasteiger partial charge in [0.15, 0.2) is 0 Å². The van der Waals surface area contributed by atoms with E-state index in [-0.39, 0.29) is 11.8 Å². The van der Waals surface area contributed by atoms with Crippen molar-refractivity contribution in [3.63, 3.8) is 0 Å². The van der Waals surface area contributed by atoms with Gasteiger partial charge >= 0.3 is 0 Å². The lowest BCUT2D eigenvalue weighted by molar-refractivity contribution is -0.121. The minimum atomic E-state index is 0.0983. The highest BCUT2D eigenvalue weighted by molar-refractivity contribution is 6.30. The molecule has 0 saturated carbocycles. The molecule has 126 valence electrons. The normalized spacial score (nSPS) is 16.1. The Bertz CT molecular complexity index is 708. The van der Waals surface area contributed by atoms with Gasteiger partial charge in [-0.3, -0.25) is 9.69 Å². The monoisotopic (exact) mass is 342 g/mol. The second kappa shape index (κ2) is 7.82. The number of likely N-dealkylation sites (tertiary alicyclic amines) is 1. The lowest BCUT2D eigenvalue weighted by Gasteiger charge is -2.31. The molecule has 0 aromatic heterocycles. The van der Waals surface area contributed by atoms with Crippen LogP contribution in [0.15, 0.2) is 48.5 Å². The van der Waals surface area contributed by atoms with E-state index in [0.717, 1.165) is 48.7 Å². The smallest absolute Gasteiger partial charge is 0.227 e. The molecule has 4 heteroatoms. The maximum absolute atomic E-state index is 12.4. The number of halogens is 1. The number of piperidine rings is 1. The van der Waals surface area contributed by atoms with Crippen LogP contribution in [0.3, 0.4) is 0 Å². The summed E-state index contributed by atoms with van der Waals surface area (Å²) in [4.78, 5) is 14.8. The fourth-order valence-corrected chi connectivity index (χ4v) is 3.43. The van der Waals surface area contributed by atoms with Crippen LogP contribution in [0.4, 0.5) is 5.69 Å². The van der Waals surface area contributed by atoms with Gasteiger partial charge in [0.25, 0.3) is 0 Å². The van der Waals surface area contributed by atoms with Gasteiger partial charge in [0.1, 0.15) is 0 Å². The minimum Gasteiger partial charge on any atom is -0.326 e. The Labute approximate surface area is 148 Å². The molecule has 1 fully saturated rings. The number of carbonyl (C=O) groups is 1. The number of hydrogen-bond acceptors (Lipinski definition) is 2. The van der Waals surface area contributed by atoms with Gasteiger partial charge < -0.3 is 5.32 Å². The number of aryl methyl sites for hydroxylation is 1. The number of carbonyl (C=O) groups excluding carboxylic acids is 1. The summed E-state index contributed by atoms with van der Waals surface area (Å²) in [5.74, 6) is 0.240. The van der Waals surface area contributed by atoms with Crippen LogP contribution < -0.4 is 5.32 Å². The van der Waals surface area contributed by atoms with Crippen molar-refractivity contribution < 1.29 is 4.79 Å². The van der Waals surface area contributed by atoms with Gasteiger partial charge in [-0.05, 0) is 68.2 Å². The Morgan fingerprint density at radius 3 is 2.62 bits per heavy atom. The third kappa shape index (κ3) is 4.59. The molecule has 1 aliphatic rings. The van der Waals surface area contributed by atoms with Crippen molar-refractivity contribution in [3.05, 3.63) is 64.7 Å². The maximum atomic E-state index is 12.4. The summed E-state index contributed by atoms with van der Waals surface area (Å²) < 4.78 is 0. The number of hydrogen-bond donors (Lipinski definition) is 1. The van der Waals surface area contributed by atoms with E-state index in [4.69, 9.17) is 11.6 Å². The van der Waals surface area contributed by atoms with Gasteiger partial charge in [0.2, 0.25) is 5.91 Å². The van der Waals surface area contributed by atoms with E-state index in [1.807, 2.05) is 49.4 Å². The molecule has 2 aromatic rings. The standard InChI is InChI=1S/C20H23ClN2O/c1-15-4-2-7-19(12-15)22-20(24)17-8-10-23(11-9-17)14-16-5-3-6-18(21)13-16/h2-7,12-13,17H,8-11,14H2,1H3,(H,22,24). The molecule has 0 unspecified atom stereocenters. The molecular weight excluding hydrogens is 320 g/mol. The fraction of sp³-hybridized carbons (Fsp3) is 0.350. The molecule has 1 N–H and O–H groups in total. The molecule has 1 amide bonds. The predicted molar refractivity (Wildman–Crippen MR) is 99.3 cm³/mol. The van der Waals surface area contributed by atoms with Crippen LogP contribution in [0.25, 0.3) is 0 Å². The van der Waals surface area contributed by atoms with E-state index in [1.165, 1.54) is 5.56 Å². The van der Waals surface area contributed by atoms with Crippen LogP contribution in [0.5, 0.6) is 0 Å². The second-order valence-electron chi connectivity index (χ2n) is 6.54. The number of rotatable bonds is 4. The van der Waals surface area contributed by atoms with Crippen molar-refractivity contribution in [3.8, 4) is 0 Å². The summed E-state index contributed by atoms with van der Waals surface area (Å²) in [5.41, 5.74) is 3.27. The number of amides is 1. The van der Waals surface area contributed by atoms with Crippen LogP contribution in [0, 0.1) is 12.8 Å². The second-order valence-corrected chi connectivity index (χ2v) is 6.98. The molecule has 1 saturated heterocycles. The molecule has 3 nitrogen and oxygen atoms in total. The lowest BCUT2D eigenvalue weighted by atomic mass is 9.95. The van der Waals surface area contributed by atoms with E-state index in [9.17, 15) is 4.79 Å². The van der Waals surface area contributed by atoms with E-state index in [2.05, 4.69) is 16.3 Å². The summed E-state index contributed by atoms with van der Waals surface area (Å²) in [6.45, 7) is 4.81. The Morgan fingerprint density at radius 1 is 1.17 bits per heavy atom. The van der Waals surface area contributed by atoms with Crippen molar-refractivity contribution in [2.24, 2.45) is 5.92 Å². The number of nitrogens with zero attached hydrogens (tertiary/aromatic N) is 1. The van der Waals surface area contributed by atoms with Crippen LogP contribution >= 0.6 is 11.6 Å². The number of anilines is 1. The van der Waals surface area contributed by atoms with Crippen molar-refractivity contribution in [2.75, 3.05) is 18.4 Å². The zero-order valence-electron chi connectivity index (χ0n) is 14.0. The maximum Gasteiger partial charge on any atom is 0.227 e. The predicted octanol–water partition coefficient (Wildman–Crippen LogP) is 4.50. The Morgan fingerprint density at radius 2 is 1.92 bits per heavy atom. The van der Waals surface area contributed by atoms with Gasteiger partial charge in [-0.1, -0.05) is 35.9 Å². The first-order valence-corrected chi connectivity index (χ1v) is 8.82. The van der Waals surface area contributed by atoms with Gasteiger partial charge in [-0.25, -0.2) is 0 Å². The fourth-order valence-electron chi connectivity index (χ4n) is 3.21. The molecule has 0 radical (unpaired) electrons. The van der Waals surface area contributed by atoms with Crippen molar-refractivity contribution in [1.82, 2.24) is 4.90 Å². The van der Waals surface area contributed by atoms with Crippen molar-refractivity contribution >= 4 is 23.2 Å². The number of benzene rings is 2. The minimum absolute atomic E-state index is 0.0983. The molecule has 0 atom stereocenters. The number of nitrogens with one attached hydrogen (secondary N) is 1. The van der Waals surface area contributed by atoms with Crippen molar-refractivity contribution in [2.45, 2.75) is 26.3 Å². The summed E-state index contributed by atoms with van der Waals surface area (Å²) in [5, 5.41) is 3.83. The Hall–Kier alpha value is -1.84. The van der Waals surface area contributed by atoms with E-state index >= 15 is 0 Å². The quantitative estimate of drug-likeness (QED) is 0.887. The first kappa shape index (κ1) is 17.0. The molecule has 24 heavy (non-hydrogen) atoms. The largest absolute Gasteiger partial charge is 0.326 e. The molecule has 2 aromatic carbocycles. The van der Waals surface area contributed by atoms with Crippen LogP contribution in [0.1, 0.15) is 24.0 Å². The molecule has 0 spiro atoms. The van der Waals surface area contributed by atoms with Gasteiger partial charge in [0, 0.05) is 23.2 Å². The highest BCUT2D eigenvalue weighted by Crippen LogP contribution is 2.22. The first-order chi connectivity index (χ1) is 11.6. The average Bonchev–Trinajstić information content (AvgIpc) is 2.55. The zero-order chi connectivity index (χ0) is 16.9. The SMILES string of the molecule is Cc1cccc(NC(=O)C2CCN(Cc3cccc(Cl)c3)CC2)c1. The topological polar surface area (TPSA) is 32.3 Å². The third-order valence-electron chi connectivity index (χ3n) is 4.54. The average molecular weight is 343 g/mol. The van der Waals surface area contributed by atoms with Crippen LogP contribution in [-0.4, -0.2) is 23.9 Å². The van der Waals surface area contributed by atoms with Gasteiger partial charge in [-0.2, -0.15) is 0 Å². The highest BCUT2D eigenvalue weighted by Gasteiger charge is 2.25. The van der Waals surface area contributed by atoms with E-state index in [1.54, 1.807) is 0 Å². The summed E-state index contributed by atoms with van der Waals surface area (Å²) >= 11 is 6.04. The lowest BCUT2D eigenvalue weighted by Crippen LogP contribution is -2.37. The van der Waals surface area contributed by atoms with E-state index in [0.29, 0.717) is 0 Å². The third-order valence-corrected chi connectivity index (χ3v) is 4.77. The van der Waals surface area contributed by atoms with Gasteiger partial charge in [-0.15, -0.1) is 0 Å². The molecular formula is C20H23ClN2O. The Balaban J connectivity index is 1.50. The van der Waals surface area contributed by atoms with Gasteiger partial charge in [0.05, 0.1) is 0 Å². The summed E-state index contributed by atoms with van der Waals surface area (Å²) in [6, 6.07) is 15.9. The molecule has 1 aliphatic heterocycles. The van der Waals surface area contributed by atoms with Crippen molar-refractivity contribution in [1.29, 1.82) is 0 Å². The molecule has 1 heterocycles. The molecule has 0 aliphatic carbocycles.